The first-order valence-electron chi connectivity index (χ1n) is 6.91. The van der Waals surface area contributed by atoms with Crippen LogP contribution in [0.5, 0.6) is 0 Å². The first kappa shape index (κ1) is 12.2. The Balaban J connectivity index is 1.99. The first-order chi connectivity index (χ1) is 9.29. The molecular formula is C18H19N. The lowest BCUT2D eigenvalue weighted by Gasteiger charge is -2.15. The summed E-state index contributed by atoms with van der Waals surface area (Å²) in [6, 6.07) is 17.5. The SMILES string of the molecule is C/N=C(/c1ccc(C)cc1)C1CCc2ccccc21. The molecule has 1 atom stereocenters. The van der Waals surface area contributed by atoms with E-state index in [2.05, 4.69) is 60.4 Å². The van der Waals surface area contributed by atoms with Crippen molar-refractivity contribution in [3.63, 3.8) is 0 Å². The maximum atomic E-state index is 4.59. The number of nitrogens with zero attached hydrogens (tertiary/aromatic N) is 1. The van der Waals surface area contributed by atoms with Gasteiger partial charge in [0, 0.05) is 18.7 Å². The normalized spacial score (nSPS) is 18.4. The lowest BCUT2D eigenvalue weighted by Crippen LogP contribution is -2.11. The minimum atomic E-state index is 0.462. The Morgan fingerprint density at radius 1 is 1.05 bits per heavy atom. The number of benzene rings is 2. The molecule has 0 spiro atoms. The highest BCUT2D eigenvalue weighted by atomic mass is 14.7. The Bertz CT molecular complexity index is 608. The second-order valence-corrected chi connectivity index (χ2v) is 5.26. The number of aryl methyl sites for hydroxylation is 2. The second kappa shape index (κ2) is 5.00. The standard InChI is InChI=1S/C18H19N/c1-13-7-9-15(10-8-13)18(19-2)17-12-11-14-5-3-4-6-16(14)17/h3-10,17H,11-12H2,1-2H3/b19-18-. The number of hydrogen-bond donors (Lipinski definition) is 0. The van der Waals surface area contributed by atoms with Crippen molar-refractivity contribution in [2.45, 2.75) is 25.7 Å². The third kappa shape index (κ3) is 2.21. The van der Waals surface area contributed by atoms with Gasteiger partial charge in [0.05, 0.1) is 0 Å². The van der Waals surface area contributed by atoms with Crippen LogP contribution in [0.1, 0.15) is 34.6 Å². The molecule has 2 aromatic rings. The molecule has 1 heteroatoms. The van der Waals surface area contributed by atoms with Gasteiger partial charge in [-0.05, 0) is 36.5 Å². The topological polar surface area (TPSA) is 12.4 Å². The highest BCUT2D eigenvalue weighted by Crippen LogP contribution is 2.35. The predicted molar refractivity (Wildman–Crippen MR) is 81.1 cm³/mol. The lowest BCUT2D eigenvalue weighted by molar-refractivity contribution is 0.846. The van der Waals surface area contributed by atoms with Gasteiger partial charge in [-0.3, -0.25) is 4.99 Å². The maximum absolute atomic E-state index is 4.59. The van der Waals surface area contributed by atoms with E-state index in [4.69, 9.17) is 0 Å². The molecule has 0 bridgehead atoms. The Morgan fingerprint density at radius 2 is 1.79 bits per heavy atom. The van der Waals surface area contributed by atoms with Crippen molar-refractivity contribution in [1.29, 1.82) is 0 Å². The van der Waals surface area contributed by atoms with Gasteiger partial charge in [-0.15, -0.1) is 0 Å². The lowest BCUT2D eigenvalue weighted by atomic mass is 9.91. The van der Waals surface area contributed by atoms with E-state index in [1.807, 2.05) is 7.05 Å². The summed E-state index contributed by atoms with van der Waals surface area (Å²) in [6.07, 6.45) is 2.35. The maximum Gasteiger partial charge on any atom is 0.0492 e. The van der Waals surface area contributed by atoms with Crippen LogP contribution in [0.4, 0.5) is 0 Å². The van der Waals surface area contributed by atoms with Crippen LogP contribution in [0.15, 0.2) is 53.5 Å². The summed E-state index contributed by atoms with van der Waals surface area (Å²) in [5.41, 5.74) is 6.73. The van der Waals surface area contributed by atoms with Gasteiger partial charge in [0.2, 0.25) is 0 Å². The van der Waals surface area contributed by atoms with Gasteiger partial charge < -0.3 is 0 Å². The zero-order valence-corrected chi connectivity index (χ0v) is 11.6. The van der Waals surface area contributed by atoms with Crippen molar-refractivity contribution in [3.8, 4) is 0 Å². The van der Waals surface area contributed by atoms with E-state index < -0.39 is 0 Å². The van der Waals surface area contributed by atoms with Gasteiger partial charge in [0.1, 0.15) is 0 Å². The average molecular weight is 249 g/mol. The Hall–Kier alpha value is -1.89. The molecule has 0 heterocycles. The van der Waals surface area contributed by atoms with Gasteiger partial charge in [-0.2, -0.15) is 0 Å². The van der Waals surface area contributed by atoms with E-state index in [0.29, 0.717) is 5.92 Å². The van der Waals surface area contributed by atoms with Crippen molar-refractivity contribution < 1.29 is 0 Å². The fourth-order valence-corrected chi connectivity index (χ4v) is 3.05. The molecule has 1 unspecified atom stereocenters. The molecular weight excluding hydrogens is 230 g/mol. The van der Waals surface area contributed by atoms with Crippen molar-refractivity contribution in [3.05, 3.63) is 70.8 Å². The molecule has 0 fully saturated rings. The number of rotatable bonds is 2. The fourth-order valence-electron chi connectivity index (χ4n) is 3.05. The molecule has 0 radical (unpaired) electrons. The van der Waals surface area contributed by atoms with E-state index >= 15 is 0 Å². The molecule has 96 valence electrons. The van der Waals surface area contributed by atoms with E-state index in [9.17, 15) is 0 Å². The summed E-state index contributed by atoms with van der Waals surface area (Å²) in [6.45, 7) is 2.12. The Kier molecular flexibility index (Phi) is 3.20. The van der Waals surface area contributed by atoms with Gasteiger partial charge in [0.25, 0.3) is 0 Å². The third-order valence-electron chi connectivity index (χ3n) is 4.05. The number of fused-ring (bicyclic) bond motifs is 1. The molecule has 0 amide bonds. The van der Waals surface area contributed by atoms with E-state index in [1.54, 1.807) is 0 Å². The van der Waals surface area contributed by atoms with Crippen LogP contribution in [-0.2, 0) is 6.42 Å². The van der Waals surface area contributed by atoms with Crippen molar-refractivity contribution in [1.82, 2.24) is 0 Å². The van der Waals surface area contributed by atoms with Crippen LogP contribution in [0.25, 0.3) is 0 Å². The molecule has 2 aromatic carbocycles. The van der Waals surface area contributed by atoms with Crippen LogP contribution in [0.2, 0.25) is 0 Å². The summed E-state index contributed by atoms with van der Waals surface area (Å²) in [5, 5.41) is 0. The molecule has 3 rings (SSSR count). The van der Waals surface area contributed by atoms with Crippen LogP contribution < -0.4 is 0 Å². The minimum Gasteiger partial charge on any atom is -0.292 e. The zero-order valence-electron chi connectivity index (χ0n) is 11.6. The number of aliphatic imine (C=N–C) groups is 1. The van der Waals surface area contributed by atoms with Crippen LogP contribution in [0, 0.1) is 6.92 Å². The predicted octanol–water partition coefficient (Wildman–Crippen LogP) is 4.14. The molecule has 0 saturated carbocycles. The highest BCUT2D eigenvalue weighted by Gasteiger charge is 2.26. The summed E-state index contributed by atoms with van der Waals surface area (Å²) >= 11 is 0. The minimum absolute atomic E-state index is 0.462. The summed E-state index contributed by atoms with van der Waals surface area (Å²) < 4.78 is 0. The monoisotopic (exact) mass is 249 g/mol. The smallest absolute Gasteiger partial charge is 0.0492 e. The molecule has 0 N–H and O–H groups in total. The molecule has 1 aliphatic carbocycles. The number of hydrogen-bond acceptors (Lipinski definition) is 1. The summed E-state index contributed by atoms with van der Waals surface area (Å²) in [4.78, 5) is 4.59. The first-order valence-corrected chi connectivity index (χ1v) is 6.91. The van der Waals surface area contributed by atoms with E-state index in [0.717, 1.165) is 0 Å². The average Bonchev–Trinajstić information content (AvgIpc) is 2.86. The van der Waals surface area contributed by atoms with Crippen LogP contribution in [-0.4, -0.2) is 12.8 Å². The van der Waals surface area contributed by atoms with Gasteiger partial charge in [0.15, 0.2) is 0 Å². The van der Waals surface area contributed by atoms with E-state index in [1.165, 1.54) is 40.8 Å². The quantitative estimate of drug-likeness (QED) is 0.709. The summed E-state index contributed by atoms with van der Waals surface area (Å²) in [5.74, 6) is 0.462. The zero-order chi connectivity index (χ0) is 13.2. The van der Waals surface area contributed by atoms with Gasteiger partial charge >= 0.3 is 0 Å². The van der Waals surface area contributed by atoms with Crippen molar-refractivity contribution in [2.75, 3.05) is 7.05 Å². The largest absolute Gasteiger partial charge is 0.292 e. The van der Waals surface area contributed by atoms with Crippen LogP contribution >= 0.6 is 0 Å². The molecule has 0 aliphatic heterocycles. The van der Waals surface area contributed by atoms with Crippen molar-refractivity contribution in [2.24, 2.45) is 4.99 Å². The van der Waals surface area contributed by atoms with Gasteiger partial charge in [-0.1, -0.05) is 54.1 Å². The fraction of sp³-hybridized carbons (Fsp3) is 0.278. The van der Waals surface area contributed by atoms with Crippen LogP contribution in [0.3, 0.4) is 0 Å². The second-order valence-electron chi connectivity index (χ2n) is 5.26. The Morgan fingerprint density at radius 3 is 2.53 bits per heavy atom. The molecule has 0 aromatic heterocycles. The Labute approximate surface area is 115 Å². The van der Waals surface area contributed by atoms with Crippen molar-refractivity contribution >= 4 is 5.71 Å². The highest BCUT2D eigenvalue weighted by molar-refractivity contribution is 6.05. The summed E-state index contributed by atoms with van der Waals surface area (Å²) in [7, 11) is 1.91. The molecule has 19 heavy (non-hydrogen) atoms. The van der Waals surface area contributed by atoms with E-state index in [-0.39, 0.29) is 0 Å². The molecule has 1 nitrogen and oxygen atoms in total. The molecule has 0 saturated heterocycles. The van der Waals surface area contributed by atoms with Gasteiger partial charge in [-0.25, -0.2) is 0 Å². The third-order valence-corrected chi connectivity index (χ3v) is 4.05. The molecule has 1 aliphatic rings.